The summed E-state index contributed by atoms with van der Waals surface area (Å²) in [6.45, 7) is 5.74. The average Bonchev–Trinajstić information content (AvgIpc) is 3.03. The van der Waals surface area contributed by atoms with E-state index in [0.29, 0.717) is 23.6 Å². The zero-order valence-corrected chi connectivity index (χ0v) is 18.7. The predicted molar refractivity (Wildman–Crippen MR) is 122 cm³/mol. The number of benzene rings is 2. The predicted octanol–water partition coefficient (Wildman–Crippen LogP) is 3.67. The molecule has 1 atom stereocenters. The van der Waals surface area contributed by atoms with Crippen molar-refractivity contribution >= 4 is 17.3 Å². The highest BCUT2D eigenvalue weighted by Gasteiger charge is 2.22. The molecular weight excluding hydrogens is 413 g/mol. The standard InChI is InChI=1S/C23H28FN5O3/c1-5-8-14(3)32-20-13-19(29-23(31)28(4)21(6-2)27-29)18(24)12-17(20)22(30)26-16-10-7-9-15(25)11-16/h7,9-14H,5-6,8,25H2,1-4H3,(H,26,30)/t14-/m0/s1. The highest BCUT2D eigenvalue weighted by atomic mass is 19.1. The number of anilines is 2. The molecule has 3 rings (SSSR count). The molecule has 0 bridgehead atoms. The summed E-state index contributed by atoms with van der Waals surface area (Å²) in [4.78, 5) is 25.6. The number of hydrogen-bond acceptors (Lipinski definition) is 5. The zero-order chi connectivity index (χ0) is 23.4. The van der Waals surface area contributed by atoms with Gasteiger partial charge in [0.15, 0.2) is 0 Å². The SMILES string of the molecule is CCC[C@H](C)Oc1cc(-n2nc(CC)n(C)c2=O)c(F)cc1C(=O)Nc1cccc(N)c1. The number of nitrogens with zero attached hydrogens (tertiary/aromatic N) is 3. The molecule has 0 aliphatic carbocycles. The van der Waals surface area contributed by atoms with Gasteiger partial charge >= 0.3 is 5.69 Å². The van der Waals surface area contributed by atoms with Gasteiger partial charge in [0.2, 0.25) is 0 Å². The van der Waals surface area contributed by atoms with E-state index in [1.54, 1.807) is 31.3 Å². The summed E-state index contributed by atoms with van der Waals surface area (Å²) in [5.74, 6) is -0.637. The molecule has 3 N–H and O–H groups in total. The number of nitrogens with one attached hydrogen (secondary N) is 1. The first-order valence-corrected chi connectivity index (χ1v) is 10.6. The summed E-state index contributed by atoms with van der Waals surface area (Å²) in [6.07, 6.45) is 1.91. The highest BCUT2D eigenvalue weighted by molar-refractivity contribution is 6.06. The molecule has 0 saturated heterocycles. The van der Waals surface area contributed by atoms with Crippen LogP contribution in [0.5, 0.6) is 5.75 Å². The lowest BCUT2D eigenvalue weighted by molar-refractivity contribution is 0.101. The molecule has 32 heavy (non-hydrogen) atoms. The lowest BCUT2D eigenvalue weighted by Gasteiger charge is -2.18. The van der Waals surface area contributed by atoms with E-state index in [2.05, 4.69) is 10.4 Å². The van der Waals surface area contributed by atoms with Crippen LogP contribution < -0.4 is 21.5 Å². The van der Waals surface area contributed by atoms with Crippen LogP contribution in [0.25, 0.3) is 5.69 Å². The Kier molecular flexibility index (Phi) is 6.97. The van der Waals surface area contributed by atoms with Gasteiger partial charge in [0.1, 0.15) is 23.1 Å². The van der Waals surface area contributed by atoms with Crippen LogP contribution in [0.3, 0.4) is 0 Å². The van der Waals surface area contributed by atoms with Crippen molar-refractivity contribution in [1.82, 2.24) is 14.3 Å². The van der Waals surface area contributed by atoms with E-state index in [1.807, 2.05) is 20.8 Å². The number of carbonyl (C=O) groups excluding carboxylic acids is 1. The fourth-order valence-electron chi connectivity index (χ4n) is 3.42. The monoisotopic (exact) mass is 441 g/mol. The maximum atomic E-state index is 15.1. The number of carbonyl (C=O) groups is 1. The summed E-state index contributed by atoms with van der Waals surface area (Å²) >= 11 is 0. The molecule has 1 aromatic heterocycles. The van der Waals surface area contributed by atoms with Gasteiger partial charge in [-0.25, -0.2) is 9.18 Å². The minimum absolute atomic E-state index is 0.0105. The molecular formula is C23H28FN5O3. The van der Waals surface area contributed by atoms with Gasteiger partial charge in [0, 0.05) is 30.9 Å². The first-order chi connectivity index (χ1) is 15.2. The van der Waals surface area contributed by atoms with Crippen molar-refractivity contribution in [3.8, 4) is 11.4 Å². The number of hydrogen-bond donors (Lipinski definition) is 2. The molecule has 2 aromatic carbocycles. The summed E-state index contributed by atoms with van der Waals surface area (Å²) in [5, 5.41) is 6.94. The van der Waals surface area contributed by atoms with Gasteiger partial charge in [-0.15, -0.1) is 5.10 Å². The zero-order valence-electron chi connectivity index (χ0n) is 18.7. The van der Waals surface area contributed by atoms with Crippen molar-refractivity contribution in [1.29, 1.82) is 0 Å². The van der Waals surface area contributed by atoms with Crippen LogP contribution in [0.15, 0.2) is 41.2 Å². The third-order valence-electron chi connectivity index (χ3n) is 5.08. The van der Waals surface area contributed by atoms with Crippen LogP contribution >= 0.6 is 0 Å². The van der Waals surface area contributed by atoms with Gasteiger partial charge in [-0.3, -0.25) is 9.36 Å². The Balaban J connectivity index is 2.07. The number of amides is 1. The quantitative estimate of drug-likeness (QED) is 0.519. The summed E-state index contributed by atoms with van der Waals surface area (Å²) in [6, 6.07) is 9.09. The van der Waals surface area contributed by atoms with Crippen molar-refractivity contribution in [2.75, 3.05) is 11.1 Å². The van der Waals surface area contributed by atoms with Crippen LogP contribution in [-0.2, 0) is 13.5 Å². The molecule has 0 aliphatic heterocycles. The first kappa shape index (κ1) is 23.1. The molecule has 0 aliphatic rings. The number of nitrogens with two attached hydrogens (primary N) is 1. The Labute approximate surface area is 185 Å². The molecule has 8 nitrogen and oxygen atoms in total. The van der Waals surface area contributed by atoms with E-state index in [-0.39, 0.29) is 23.1 Å². The molecule has 1 amide bonds. The smallest absolute Gasteiger partial charge is 0.350 e. The fraction of sp³-hybridized carbons (Fsp3) is 0.348. The molecule has 0 unspecified atom stereocenters. The molecule has 170 valence electrons. The largest absolute Gasteiger partial charge is 0.490 e. The second-order valence-corrected chi connectivity index (χ2v) is 7.62. The van der Waals surface area contributed by atoms with Gasteiger partial charge in [-0.2, -0.15) is 4.68 Å². The van der Waals surface area contributed by atoms with Gasteiger partial charge in [0.05, 0.1) is 11.7 Å². The molecule has 0 radical (unpaired) electrons. The second-order valence-electron chi connectivity index (χ2n) is 7.62. The lowest BCUT2D eigenvalue weighted by atomic mass is 10.1. The number of ether oxygens (including phenoxy) is 1. The Morgan fingerprint density at radius 3 is 2.66 bits per heavy atom. The van der Waals surface area contributed by atoms with E-state index in [1.165, 1.54) is 10.6 Å². The summed E-state index contributed by atoms with van der Waals surface area (Å²) in [5.41, 5.74) is 6.18. The van der Waals surface area contributed by atoms with Crippen molar-refractivity contribution < 1.29 is 13.9 Å². The average molecular weight is 442 g/mol. The molecule has 0 spiro atoms. The van der Waals surface area contributed by atoms with Crippen molar-refractivity contribution in [3.05, 3.63) is 64.1 Å². The van der Waals surface area contributed by atoms with Gasteiger partial charge in [0.25, 0.3) is 5.91 Å². The number of nitrogen functional groups attached to an aromatic ring is 1. The van der Waals surface area contributed by atoms with Crippen LogP contribution in [0.1, 0.15) is 49.8 Å². The Morgan fingerprint density at radius 2 is 2.03 bits per heavy atom. The number of aryl methyl sites for hydroxylation is 1. The molecule has 0 saturated carbocycles. The topological polar surface area (TPSA) is 104 Å². The van der Waals surface area contributed by atoms with Crippen LogP contribution in [0.2, 0.25) is 0 Å². The lowest BCUT2D eigenvalue weighted by Crippen LogP contribution is -2.24. The molecule has 3 aromatic rings. The highest BCUT2D eigenvalue weighted by Crippen LogP contribution is 2.28. The Bertz CT molecular complexity index is 1180. The van der Waals surface area contributed by atoms with Crippen LogP contribution in [-0.4, -0.2) is 26.4 Å². The number of aromatic nitrogens is 3. The third-order valence-corrected chi connectivity index (χ3v) is 5.08. The minimum atomic E-state index is -0.763. The second kappa shape index (κ2) is 9.67. The molecule has 0 fully saturated rings. The first-order valence-electron chi connectivity index (χ1n) is 10.6. The normalized spacial score (nSPS) is 11.9. The number of rotatable bonds is 8. The van der Waals surface area contributed by atoms with E-state index in [4.69, 9.17) is 10.5 Å². The van der Waals surface area contributed by atoms with Crippen molar-refractivity contribution in [2.24, 2.45) is 7.05 Å². The van der Waals surface area contributed by atoms with E-state index in [0.717, 1.165) is 23.6 Å². The van der Waals surface area contributed by atoms with E-state index >= 15 is 4.39 Å². The Hall–Kier alpha value is -3.62. The maximum Gasteiger partial charge on any atom is 0.350 e. The summed E-state index contributed by atoms with van der Waals surface area (Å²) in [7, 11) is 1.58. The Morgan fingerprint density at radius 1 is 1.28 bits per heavy atom. The molecule has 9 heteroatoms. The van der Waals surface area contributed by atoms with Gasteiger partial charge in [-0.1, -0.05) is 26.3 Å². The van der Waals surface area contributed by atoms with Crippen LogP contribution in [0, 0.1) is 5.82 Å². The van der Waals surface area contributed by atoms with Gasteiger partial charge < -0.3 is 15.8 Å². The molecule has 1 heterocycles. The summed E-state index contributed by atoms with van der Waals surface area (Å²) < 4.78 is 23.5. The van der Waals surface area contributed by atoms with Crippen molar-refractivity contribution in [2.45, 2.75) is 46.1 Å². The van der Waals surface area contributed by atoms with E-state index < -0.39 is 17.4 Å². The number of halogens is 1. The maximum absolute atomic E-state index is 15.1. The fourth-order valence-corrected chi connectivity index (χ4v) is 3.42. The minimum Gasteiger partial charge on any atom is -0.490 e. The van der Waals surface area contributed by atoms with Gasteiger partial charge in [-0.05, 0) is 37.6 Å². The van der Waals surface area contributed by atoms with Crippen LogP contribution in [0.4, 0.5) is 15.8 Å². The third kappa shape index (κ3) is 4.82. The van der Waals surface area contributed by atoms with E-state index in [9.17, 15) is 9.59 Å². The van der Waals surface area contributed by atoms with Crippen molar-refractivity contribution in [3.63, 3.8) is 0 Å².